The number of carbonyl (C=O) groups is 4. The van der Waals surface area contributed by atoms with Crippen LogP contribution in [-0.2, 0) is 32.0 Å². The van der Waals surface area contributed by atoms with Crippen LogP contribution >= 0.6 is 12.6 Å². The van der Waals surface area contributed by atoms with Gasteiger partial charge in [-0.05, 0) is 48.6 Å². The molecular formula is C29H38N8O6S. The number of aromatic nitrogens is 1. The number of nitrogens with zero attached hydrogens (tertiary/aromatic N) is 1. The van der Waals surface area contributed by atoms with Crippen LogP contribution in [0.1, 0.15) is 24.0 Å². The highest BCUT2D eigenvalue weighted by Gasteiger charge is 2.30. The smallest absolute Gasteiger partial charge is 0.326 e. The van der Waals surface area contributed by atoms with Gasteiger partial charge in [0.1, 0.15) is 23.9 Å². The summed E-state index contributed by atoms with van der Waals surface area (Å²) < 4.78 is 0. The van der Waals surface area contributed by atoms with E-state index in [1.807, 2.05) is 24.3 Å². The number of nitrogens with one attached hydrogen (secondary N) is 4. The van der Waals surface area contributed by atoms with Gasteiger partial charge < -0.3 is 48.3 Å². The second kappa shape index (κ2) is 16.2. The molecule has 4 atom stereocenters. The molecule has 0 spiro atoms. The van der Waals surface area contributed by atoms with Gasteiger partial charge in [0.05, 0.1) is 6.04 Å². The molecule has 236 valence electrons. The number of aromatic hydroxyl groups is 1. The number of nitrogens with two attached hydrogens (primary N) is 3. The molecule has 12 N–H and O–H groups in total. The lowest BCUT2D eigenvalue weighted by atomic mass is 10.0. The number of carboxylic acid groups (broad SMARTS) is 1. The maximum absolute atomic E-state index is 13.3. The predicted octanol–water partition coefficient (Wildman–Crippen LogP) is -0.492. The number of amides is 3. The number of H-pyrrole nitrogens is 1. The first kappa shape index (κ1) is 33.7. The molecule has 3 rings (SSSR count). The molecule has 2 aromatic carbocycles. The fourth-order valence-electron chi connectivity index (χ4n) is 4.49. The minimum Gasteiger partial charge on any atom is -0.508 e. The molecule has 1 heterocycles. The summed E-state index contributed by atoms with van der Waals surface area (Å²) in [6, 6.07) is 8.91. The van der Waals surface area contributed by atoms with Crippen LogP contribution in [0.15, 0.2) is 59.7 Å². The Kier molecular flexibility index (Phi) is 12.4. The third-order valence-electron chi connectivity index (χ3n) is 6.84. The van der Waals surface area contributed by atoms with Crippen LogP contribution in [-0.4, -0.2) is 81.3 Å². The van der Waals surface area contributed by atoms with E-state index in [0.29, 0.717) is 5.56 Å². The number of aliphatic imine (C=N–C) groups is 1. The molecule has 4 unspecified atom stereocenters. The van der Waals surface area contributed by atoms with Gasteiger partial charge in [-0.15, -0.1) is 0 Å². The van der Waals surface area contributed by atoms with Crippen molar-refractivity contribution in [3.63, 3.8) is 0 Å². The number of hydrogen-bond donors (Lipinski definition) is 10. The van der Waals surface area contributed by atoms with E-state index in [1.54, 1.807) is 18.3 Å². The number of carboxylic acids is 1. The third-order valence-corrected chi connectivity index (χ3v) is 7.20. The standard InChI is InChI=1S/C29H38N8O6S/c30-20(13-17-14-34-21-5-2-1-4-19(17)21)25(39)37-24(15-44)27(41)36-23(12-16-7-9-18(38)10-8-16)26(40)35-22(28(42)43)6-3-11-33-29(31)32/h1-2,4-5,7-10,14,20,22-24,34,38,44H,3,6,11-13,15,30H2,(H,35,40)(H,36,41)(H,37,39)(H,42,43)(H4,31,32,33). The number of phenolic OH excluding ortho intramolecular Hbond substituents is 1. The molecule has 0 fully saturated rings. The molecule has 0 aliphatic rings. The summed E-state index contributed by atoms with van der Waals surface area (Å²) in [6.07, 6.45) is 2.25. The molecule has 0 saturated carbocycles. The highest BCUT2D eigenvalue weighted by molar-refractivity contribution is 7.80. The zero-order valence-corrected chi connectivity index (χ0v) is 24.8. The Morgan fingerprint density at radius 3 is 2.18 bits per heavy atom. The van der Waals surface area contributed by atoms with Crippen LogP contribution < -0.4 is 33.2 Å². The van der Waals surface area contributed by atoms with Crippen molar-refractivity contribution in [2.75, 3.05) is 12.3 Å². The fourth-order valence-corrected chi connectivity index (χ4v) is 4.74. The number of para-hydroxylation sites is 1. The number of aliphatic carboxylic acids is 1. The molecule has 44 heavy (non-hydrogen) atoms. The van der Waals surface area contributed by atoms with E-state index in [2.05, 4.69) is 38.6 Å². The first-order chi connectivity index (χ1) is 21.0. The highest BCUT2D eigenvalue weighted by Crippen LogP contribution is 2.19. The first-order valence-electron chi connectivity index (χ1n) is 13.9. The zero-order valence-electron chi connectivity index (χ0n) is 23.9. The molecule has 14 nitrogen and oxygen atoms in total. The summed E-state index contributed by atoms with van der Waals surface area (Å²) >= 11 is 4.21. The van der Waals surface area contributed by atoms with Gasteiger partial charge in [-0.2, -0.15) is 12.6 Å². The average Bonchev–Trinajstić information content (AvgIpc) is 3.40. The molecule has 15 heteroatoms. The van der Waals surface area contributed by atoms with Crippen molar-refractivity contribution in [1.82, 2.24) is 20.9 Å². The Labute approximate surface area is 259 Å². The highest BCUT2D eigenvalue weighted by atomic mass is 32.1. The van der Waals surface area contributed by atoms with Crippen molar-refractivity contribution < 1.29 is 29.4 Å². The van der Waals surface area contributed by atoms with Gasteiger partial charge in [-0.3, -0.25) is 19.4 Å². The molecule has 1 aromatic heterocycles. The molecule has 0 aliphatic heterocycles. The summed E-state index contributed by atoms with van der Waals surface area (Å²) in [4.78, 5) is 58.3. The Bertz CT molecular complexity index is 1470. The number of thiol groups is 1. The second-order valence-electron chi connectivity index (χ2n) is 10.2. The van der Waals surface area contributed by atoms with Crippen molar-refractivity contribution in [1.29, 1.82) is 0 Å². The Morgan fingerprint density at radius 1 is 0.886 bits per heavy atom. The lowest BCUT2D eigenvalue weighted by Crippen LogP contribution is -2.58. The summed E-state index contributed by atoms with van der Waals surface area (Å²) in [5.74, 6) is -3.58. The van der Waals surface area contributed by atoms with Crippen LogP contribution in [0.2, 0.25) is 0 Å². The van der Waals surface area contributed by atoms with Gasteiger partial charge in [0, 0.05) is 35.8 Å². The summed E-state index contributed by atoms with van der Waals surface area (Å²) in [5.41, 5.74) is 19.1. The number of guanidine groups is 1. The monoisotopic (exact) mass is 626 g/mol. The Hall–Kier alpha value is -4.76. The number of phenols is 1. The lowest BCUT2D eigenvalue weighted by molar-refractivity contribution is -0.142. The number of aromatic amines is 1. The van der Waals surface area contributed by atoms with Crippen LogP contribution in [0.5, 0.6) is 5.75 Å². The van der Waals surface area contributed by atoms with E-state index in [9.17, 15) is 29.4 Å². The number of hydrogen-bond acceptors (Lipinski definition) is 8. The summed E-state index contributed by atoms with van der Waals surface area (Å²) in [5, 5.41) is 27.9. The van der Waals surface area contributed by atoms with Gasteiger partial charge >= 0.3 is 5.97 Å². The third kappa shape index (κ3) is 9.91. The van der Waals surface area contributed by atoms with Crippen molar-refractivity contribution in [2.24, 2.45) is 22.2 Å². The minimum absolute atomic E-state index is 0.00679. The van der Waals surface area contributed by atoms with E-state index in [4.69, 9.17) is 17.2 Å². The van der Waals surface area contributed by atoms with Gasteiger partial charge in [0.15, 0.2) is 5.96 Å². The zero-order chi connectivity index (χ0) is 32.2. The fraction of sp³-hybridized carbons (Fsp3) is 0.345. The topological polar surface area (TPSA) is 251 Å². The molecule has 3 aromatic rings. The van der Waals surface area contributed by atoms with E-state index >= 15 is 0 Å². The Morgan fingerprint density at radius 2 is 1.52 bits per heavy atom. The minimum atomic E-state index is -1.28. The van der Waals surface area contributed by atoms with Crippen LogP contribution in [0.25, 0.3) is 10.9 Å². The van der Waals surface area contributed by atoms with E-state index in [-0.39, 0.29) is 49.7 Å². The van der Waals surface area contributed by atoms with Crippen LogP contribution in [0.3, 0.4) is 0 Å². The number of rotatable bonds is 16. The van der Waals surface area contributed by atoms with E-state index in [0.717, 1.165) is 16.5 Å². The Balaban J connectivity index is 1.69. The normalized spacial score (nSPS) is 13.7. The predicted molar refractivity (Wildman–Crippen MR) is 169 cm³/mol. The van der Waals surface area contributed by atoms with E-state index < -0.39 is 47.9 Å². The van der Waals surface area contributed by atoms with Gasteiger partial charge in [-0.25, -0.2) is 4.79 Å². The SMILES string of the molecule is NC(N)=NCCCC(NC(=O)C(Cc1ccc(O)cc1)NC(=O)C(CS)NC(=O)C(N)Cc1c[nH]c2ccccc12)C(=O)O. The molecule has 0 bridgehead atoms. The lowest BCUT2D eigenvalue weighted by Gasteiger charge is -2.25. The molecule has 3 amide bonds. The van der Waals surface area contributed by atoms with Crippen molar-refractivity contribution in [2.45, 2.75) is 49.9 Å². The molecule has 0 saturated heterocycles. The summed E-state index contributed by atoms with van der Waals surface area (Å²) in [6.45, 7) is 0.168. The molecular weight excluding hydrogens is 588 g/mol. The van der Waals surface area contributed by atoms with Crippen LogP contribution in [0.4, 0.5) is 0 Å². The number of fused-ring (bicyclic) bond motifs is 1. The largest absolute Gasteiger partial charge is 0.508 e. The van der Waals surface area contributed by atoms with Crippen LogP contribution in [0, 0.1) is 0 Å². The van der Waals surface area contributed by atoms with Crippen molar-refractivity contribution in [3.8, 4) is 5.75 Å². The maximum atomic E-state index is 13.3. The molecule has 0 radical (unpaired) electrons. The number of carbonyl (C=O) groups excluding carboxylic acids is 3. The average molecular weight is 627 g/mol. The summed E-state index contributed by atoms with van der Waals surface area (Å²) in [7, 11) is 0. The van der Waals surface area contributed by atoms with Gasteiger partial charge in [-0.1, -0.05) is 30.3 Å². The maximum Gasteiger partial charge on any atom is 0.326 e. The number of benzene rings is 2. The first-order valence-corrected chi connectivity index (χ1v) is 14.5. The van der Waals surface area contributed by atoms with Gasteiger partial charge in [0.25, 0.3) is 0 Å². The van der Waals surface area contributed by atoms with Gasteiger partial charge in [0.2, 0.25) is 17.7 Å². The molecule has 0 aliphatic carbocycles. The van der Waals surface area contributed by atoms with Crippen molar-refractivity contribution >= 4 is 53.2 Å². The quantitative estimate of drug-likeness (QED) is 0.0425. The van der Waals surface area contributed by atoms with Crippen molar-refractivity contribution in [3.05, 3.63) is 65.9 Å². The second-order valence-corrected chi connectivity index (χ2v) is 10.6. The van der Waals surface area contributed by atoms with E-state index in [1.165, 1.54) is 12.1 Å².